The quantitative estimate of drug-likeness (QED) is 0.452. The third-order valence-corrected chi connectivity index (χ3v) is 6.87. The Hall–Kier alpha value is -1.99. The molecule has 29 heavy (non-hydrogen) atoms. The number of amides is 1. The van der Waals surface area contributed by atoms with Crippen LogP contribution in [0.4, 0.5) is 5.69 Å². The molecule has 0 saturated carbocycles. The van der Waals surface area contributed by atoms with E-state index in [2.05, 4.69) is 36.5 Å². The maximum Gasteiger partial charge on any atom is 0.232 e. The Labute approximate surface area is 178 Å². The van der Waals surface area contributed by atoms with Crippen LogP contribution in [0.2, 0.25) is 0 Å². The van der Waals surface area contributed by atoms with Gasteiger partial charge in [-0.05, 0) is 62.6 Å². The minimum atomic E-state index is -3.40. The van der Waals surface area contributed by atoms with Crippen molar-refractivity contribution >= 4 is 33.4 Å². The van der Waals surface area contributed by atoms with E-state index in [4.69, 9.17) is 0 Å². The molecular weight excluding hydrogens is 404 g/mol. The summed E-state index contributed by atoms with van der Waals surface area (Å²) in [6.07, 6.45) is 1.97. The van der Waals surface area contributed by atoms with Crippen LogP contribution in [-0.2, 0) is 14.8 Å². The van der Waals surface area contributed by atoms with Crippen LogP contribution in [0.25, 0.3) is 0 Å². The second kappa shape index (κ2) is 10.7. The van der Waals surface area contributed by atoms with Crippen LogP contribution in [0, 0.1) is 20.8 Å². The molecule has 0 spiro atoms. The lowest BCUT2D eigenvalue weighted by Gasteiger charge is -2.23. The highest BCUT2D eigenvalue weighted by Crippen LogP contribution is 2.22. The Balaban J connectivity index is 1.77. The topological polar surface area (TPSA) is 66.5 Å². The maximum atomic E-state index is 12.2. The number of sulfonamides is 1. The molecule has 2 aromatic carbocycles. The number of aryl methyl sites for hydroxylation is 3. The fraction of sp³-hybridized carbons (Fsp3) is 0.409. The number of anilines is 1. The number of carbonyl (C=O) groups is 1. The first kappa shape index (κ1) is 23.3. The van der Waals surface area contributed by atoms with Crippen LogP contribution in [0.3, 0.4) is 0 Å². The smallest absolute Gasteiger partial charge is 0.232 e. The van der Waals surface area contributed by atoms with Crippen molar-refractivity contribution in [3.05, 3.63) is 59.2 Å². The van der Waals surface area contributed by atoms with E-state index in [1.807, 2.05) is 32.0 Å². The summed E-state index contributed by atoms with van der Waals surface area (Å²) in [7, 11) is -3.40. The zero-order valence-corrected chi connectivity index (χ0v) is 19.2. The molecule has 158 valence electrons. The minimum absolute atomic E-state index is 0.0527. The molecule has 2 rings (SSSR count). The number of rotatable bonds is 10. The number of benzene rings is 2. The summed E-state index contributed by atoms with van der Waals surface area (Å²) in [6, 6.07) is 13.9. The van der Waals surface area contributed by atoms with Crippen LogP contribution in [0.1, 0.15) is 29.5 Å². The molecule has 0 atom stereocenters. The van der Waals surface area contributed by atoms with Gasteiger partial charge in [0.2, 0.25) is 15.9 Å². The first-order chi connectivity index (χ1) is 13.7. The van der Waals surface area contributed by atoms with E-state index in [0.29, 0.717) is 25.1 Å². The monoisotopic (exact) mass is 434 g/mol. The predicted octanol–water partition coefficient (Wildman–Crippen LogP) is 4.07. The van der Waals surface area contributed by atoms with Gasteiger partial charge in [-0.2, -0.15) is 0 Å². The van der Waals surface area contributed by atoms with E-state index in [0.717, 1.165) is 16.9 Å². The molecule has 0 radical (unpaired) electrons. The average molecular weight is 435 g/mol. The Morgan fingerprint density at radius 2 is 1.72 bits per heavy atom. The molecule has 7 heteroatoms. The van der Waals surface area contributed by atoms with Gasteiger partial charge in [0, 0.05) is 30.2 Å². The van der Waals surface area contributed by atoms with Crippen molar-refractivity contribution in [3.63, 3.8) is 0 Å². The number of thioether (sulfide) groups is 1. The van der Waals surface area contributed by atoms with E-state index < -0.39 is 10.0 Å². The maximum absolute atomic E-state index is 12.2. The van der Waals surface area contributed by atoms with E-state index in [1.165, 1.54) is 21.0 Å². The summed E-state index contributed by atoms with van der Waals surface area (Å²) in [5.41, 5.74) is 4.03. The molecule has 0 aliphatic carbocycles. The molecule has 2 aromatic rings. The van der Waals surface area contributed by atoms with Gasteiger partial charge in [0.25, 0.3) is 0 Å². The van der Waals surface area contributed by atoms with Gasteiger partial charge < -0.3 is 5.32 Å². The second-order valence-electron chi connectivity index (χ2n) is 7.22. The molecule has 0 aromatic heterocycles. The fourth-order valence-electron chi connectivity index (χ4n) is 2.83. The summed E-state index contributed by atoms with van der Waals surface area (Å²) in [4.78, 5) is 13.3. The lowest BCUT2D eigenvalue weighted by molar-refractivity contribution is -0.121. The van der Waals surface area contributed by atoms with Crippen LogP contribution in [-0.4, -0.2) is 39.4 Å². The molecule has 1 N–H and O–H groups in total. The van der Waals surface area contributed by atoms with E-state index >= 15 is 0 Å². The standard InChI is InChI=1S/C22H30N2O3S2/c1-17-7-11-21(12-8-17)28-15-13-23-22(25)6-5-14-24(29(4,26)27)20-10-9-18(2)19(3)16-20/h7-12,16H,5-6,13-15H2,1-4H3,(H,23,25). The minimum Gasteiger partial charge on any atom is -0.355 e. The zero-order valence-electron chi connectivity index (χ0n) is 17.6. The van der Waals surface area contributed by atoms with Crippen LogP contribution >= 0.6 is 11.8 Å². The summed E-state index contributed by atoms with van der Waals surface area (Å²) < 4.78 is 25.8. The van der Waals surface area contributed by atoms with Crippen molar-refractivity contribution in [2.45, 2.75) is 38.5 Å². The lowest BCUT2D eigenvalue weighted by Crippen LogP contribution is -2.32. The largest absolute Gasteiger partial charge is 0.355 e. The molecule has 0 saturated heterocycles. The number of nitrogens with one attached hydrogen (secondary N) is 1. The first-order valence-corrected chi connectivity index (χ1v) is 12.5. The van der Waals surface area contributed by atoms with Gasteiger partial charge in [0.15, 0.2) is 0 Å². The zero-order chi connectivity index (χ0) is 21.4. The van der Waals surface area contributed by atoms with Crippen LogP contribution < -0.4 is 9.62 Å². The van der Waals surface area contributed by atoms with Gasteiger partial charge in [-0.3, -0.25) is 9.10 Å². The molecule has 0 aliphatic heterocycles. The number of nitrogens with zero attached hydrogens (tertiary/aromatic N) is 1. The summed E-state index contributed by atoms with van der Waals surface area (Å²) in [5, 5.41) is 2.91. The molecule has 5 nitrogen and oxygen atoms in total. The van der Waals surface area contributed by atoms with Crippen molar-refractivity contribution in [1.29, 1.82) is 0 Å². The summed E-state index contributed by atoms with van der Waals surface area (Å²) in [5.74, 6) is 0.746. The van der Waals surface area contributed by atoms with Crippen molar-refractivity contribution in [1.82, 2.24) is 5.32 Å². The number of hydrogen-bond donors (Lipinski definition) is 1. The van der Waals surface area contributed by atoms with Crippen LogP contribution in [0.5, 0.6) is 0 Å². The van der Waals surface area contributed by atoms with E-state index in [-0.39, 0.29) is 12.5 Å². The lowest BCUT2D eigenvalue weighted by atomic mass is 10.1. The molecule has 0 unspecified atom stereocenters. The molecule has 0 bridgehead atoms. The van der Waals surface area contributed by atoms with Crippen molar-refractivity contribution < 1.29 is 13.2 Å². The highest BCUT2D eigenvalue weighted by molar-refractivity contribution is 7.99. The van der Waals surface area contributed by atoms with Gasteiger partial charge in [-0.15, -0.1) is 11.8 Å². The number of carbonyl (C=O) groups excluding carboxylic acids is 1. The molecule has 0 heterocycles. The Morgan fingerprint density at radius 1 is 1.03 bits per heavy atom. The first-order valence-electron chi connectivity index (χ1n) is 9.68. The predicted molar refractivity (Wildman–Crippen MR) is 122 cm³/mol. The molecule has 0 fully saturated rings. The van der Waals surface area contributed by atoms with Gasteiger partial charge in [0.05, 0.1) is 11.9 Å². The number of hydrogen-bond acceptors (Lipinski definition) is 4. The van der Waals surface area contributed by atoms with Crippen molar-refractivity contribution in [2.24, 2.45) is 0 Å². The van der Waals surface area contributed by atoms with Gasteiger partial charge >= 0.3 is 0 Å². The molecule has 0 aliphatic rings. The third kappa shape index (κ3) is 7.74. The summed E-state index contributed by atoms with van der Waals surface area (Å²) >= 11 is 1.70. The fourth-order valence-corrected chi connectivity index (χ4v) is 4.56. The highest BCUT2D eigenvalue weighted by Gasteiger charge is 2.18. The Bertz CT molecular complexity index is 926. The van der Waals surface area contributed by atoms with Crippen molar-refractivity contribution in [3.8, 4) is 0 Å². The van der Waals surface area contributed by atoms with Gasteiger partial charge in [-0.1, -0.05) is 23.8 Å². The van der Waals surface area contributed by atoms with E-state index in [1.54, 1.807) is 11.8 Å². The average Bonchev–Trinajstić information content (AvgIpc) is 2.65. The molecular formula is C22H30N2O3S2. The second-order valence-corrected chi connectivity index (χ2v) is 10.3. The van der Waals surface area contributed by atoms with Gasteiger partial charge in [-0.25, -0.2) is 8.42 Å². The van der Waals surface area contributed by atoms with E-state index in [9.17, 15) is 13.2 Å². The molecule has 1 amide bonds. The van der Waals surface area contributed by atoms with Crippen molar-refractivity contribution in [2.75, 3.05) is 29.4 Å². The normalized spacial score (nSPS) is 11.3. The Kier molecular flexibility index (Phi) is 8.59. The van der Waals surface area contributed by atoms with Crippen LogP contribution in [0.15, 0.2) is 47.4 Å². The third-order valence-electron chi connectivity index (χ3n) is 4.66. The SMILES string of the molecule is Cc1ccc(SCCNC(=O)CCCN(c2ccc(C)c(C)c2)S(C)(=O)=O)cc1. The summed E-state index contributed by atoms with van der Waals surface area (Å²) in [6.45, 7) is 6.88. The Morgan fingerprint density at radius 3 is 2.34 bits per heavy atom. The van der Waals surface area contributed by atoms with Gasteiger partial charge in [0.1, 0.15) is 0 Å². The highest BCUT2D eigenvalue weighted by atomic mass is 32.2.